The van der Waals surface area contributed by atoms with E-state index in [1.54, 1.807) is 12.1 Å². The highest BCUT2D eigenvalue weighted by molar-refractivity contribution is 9.10. The van der Waals surface area contributed by atoms with Crippen molar-refractivity contribution in [1.82, 2.24) is 0 Å². The van der Waals surface area contributed by atoms with Gasteiger partial charge in [-0.25, -0.2) is 0 Å². The highest BCUT2D eigenvalue weighted by atomic mass is 79.9. The van der Waals surface area contributed by atoms with Crippen molar-refractivity contribution in [3.63, 3.8) is 0 Å². The highest BCUT2D eigenvalue weighted by Crippen LogP contribution is 2.39. The van der Waals surface area contributed by atoms with Crippen LogP contribution in [0.5, 0.6) is 11.5 Å². The molecule has 0 N–H and O–H groups in total. The second-order valence-corrected chi connectivity index (χ2v) is 7.71. The summed E-state index contributed by atoms with van der Waals surface area (Å²) >= 11 is 3.44. The first-order chi connectivity index (χ1) is 14.0. The van der Waals surface area contributed by atoms with Crippen molar-refractivity contribution in [3.8, 4) is 11.5 Å². The van der Waals surface area contributed by atoms with Crippen LogP contribution in [0.15, 0.2) is 77.5 Å². The first-order valence-corrected chi connectivity index (χ1v) is 10.0. The highest BCUT2D eigenvalue weighted by Gasteiger charge is 2.30. The molecule has 0 bridgehead atoms. The van der Waals surface area contributed by atoms with E-state index in [1.165, 1.54) is 0 Å². The average Bonchev–Trinajstić information content (AvgIpc) is 3.04. The smallest absolute Gasteiger partial charge is 0.231 e. The monoisotopic (exact) mass is 446 g/mol. The summed E-state index contributed by atoms with van der Waals surface area (Å²) in [5, 5.41) is 0. The molecule has 0 saturated heterocycles. The first kappa shape index (κ1) is 19.2. The van der Waals surface area contributed by atoms with Crippen molar-refractivity contribution in [2.75, 3.05) is 0 Å². The Labute approximate surface area is 178 Å². The van der Waals surface area contributed by atoms with Gasteiger partial charge >= 0.3 is 0 Å². The van der Waals surface area contributed by atoms with E-state index in [0.717, 1.165) is 26.7 Å². The van der Waals surface area contributed by atoms with Crippen LogP contribution in [0, 0.1) is 6.92 Å². The second-order valence-electron chi connectivity index (χ2n) is 6.79. The van der Waals surface area contributed by atoms with E-state index in [9.17, 15) is 4.79 Å². The van der Waals surface area contributed by atoms with E-state index in [0.29, 0.717) is 29.4 Å². The molecule has 0 saturated carbocycles. The predicted octanol–water partition coefficient (Wildman–Crippen LogP) is 6.60. The Balaban J connectivity index is 1.55. The van der Waals surface area contributed by atoms with Crippen LogP contribution in [0.2, 0.25) is 0 Å². The van der Waals surface area contributed by atoms with E-state index < -0.39 is 0 Å². The maximum absolute atomic E-state index is 12.7. The van der Waals surface area contributed by atoms with Gasteiger partial charge in [0.1, 0.15) is 18.1 Å². The van der Waals surface area contributed by atoms with Gasteiger partial charge in [-0.2, -0.15) is 0 Å². The molecule has 4 heteroatoms. The van der Waals surface area contributed by atoms with Gasteiger partial charge in [0.2, 0.25) is 5.78 Å². The van der Waals surface area contributed by atoms with Gasteiger partial charge in [-0.3, -0.25) is 4.79 Å². The van der Waals surface area contributed by atoms with Crippen LogP contribution in [0.4, 0.5) is 0 Å². The van der Waals surface area contributed by atoms with Crippen molar-refractivity contribution in [1.29, 1.82) is 0 Å². The van der Waals surface area contributed by atoms with Gasteiger partial charge < -0.3 is 9.47 Å². The number of ether oxygens (including phenoxy) is 2. The molecule has 0 radical (unpaired) electrons. The molecule has 0 atom stereocenters. The summed E-state index contributed by atoms with van der Waals surface area (Å²) in [6.07, 6.45) is 3.57. The minimum absolute atomic E-state index is 0.116. The van der Waals surface area contributed by atoms with E-state index in [1.807, 2.05) is 67.6 Å². The maximum Gasteiger partial charge on any atom is 0.231 e. The number of carbonyl (C=O) groups excluding carboxylic acids is 1. The summed E-state index contributed by atoms with van der Waals surface area (Å²) in [4.78, 5) is 12.7. The Morgan fingerprint density at radius 1 is 1.07 bits per heavy atom. The molecule has 0 fully saturated rings. The van der Waals surface area contributed by atoms with Crippen molar-refractivity contribution in [3.05, 3.63) is 105 Å². The maximum atomic E-state index is 12.7. The zero-order valence-electron chi connectivity index (χ0n) is 15.9. The third-order valence-electron chi connectivity index (χ3n) is 4.79. The van der Waals surface area contributed by atoms with Gasteiger partial charge in [-0.15, -0.1) is 0 Å². The zero-order chi connectivity index (χ0) is 20.4. The van der Waals surface area contributed by atoms with Crippen LogP contribution in [0.25, 0.3) is 12.2 Å². The van der Waals surface area contributed by atoms with Gasteiger partial charge in [0.05, 0.1) is 5.56 Å². The molecule has 1 heterocycles. The Hall–Kier alpha value is -3.11. The summed E-state index contributed by atoms with van der Waals surface area (Å²) in [7, 11) is 0. The molecule has 1 aliphatic heterocycles. The number of ketones is 1. The minimum Gasteiger partial charge on any atom is -0.488 e. The molecule has 3 aromatic rings. The van der Waals surface area contributed by atoms with Crippen LogP contribution in [-0.4, -0.2) is 5.78 Å². The summed E-state index contributed by atoms with van der Waals surface area (Å²) in [5.41, 5.74) is 4.40. The second kappa shape index (κ2) is 8.10. The molecular formula is C25H19BrO3. The van der Waals surface area contributed by atoms with Crippen molar-refractivity contribution < 1.29 is 14.3 Å². The molecule has 3 aromatic carbocycles. The van der Waals surface area contributed by atoms with Crippen LogP contribution < -0.4 is 9.47 Å². The summed E-state index contributed by atoms with van der Waals surface area (Å²) in [6, 6.07) is 19.3. The van der Waals surface area contributed by atoms with Gasteiger partial charge in [-0.1, -0.05) is 65.0 Å². The Kier molecular flexibility index (Phi) is 5.36. The third-order valence-corrected chi connectivity index (χ3v) is 5.29. The molecule has 0 aliphatic carbocycles. The lowest BCUT2D eigenvalue weighted by atomic mass is 10.1. The first-order valence-electron chi connectivity index (χ1n) is 9.23. The standard InChI is InChI=1S/C25H19BrO3/c1-3-17-7-9-18(10-8-17)15-28-22-12-11-21-24(27)23(29-25(21)16(22)2)14-19-5-4-6-20(26)13-19/h3-14H,1,15H2,2H3/b23-14-. The molecule has 3 nitrogen and oxygen atoms in total. The van der Waals surface area contributed by atoms with E-state index in [-0.39, 0.29) is 5.78 Å². The predicted molar refractivity (Wildman–Crippen MR) is 119 cm³/mol. The Morgan fingerprint density at radius 2 is 1.86 bits per heavy atom. The molecule has 0 amide bonds. The Bertz CT molecular complexity index is 1130. The van der Waals surface area contributed by atoms with E-state index in [4.69, 9.17) is 9.47 Å². The van der Waals surface area contributed by atoms with Crippen LogP contribution >= 0.6 is 15.9 Å². The normalized spacial score (nSPS) is 13.9. The largest absolute Gasteiger partial charge is 0.488 e. The number of hydrogen-bond donors (Lipinski definition) is 0. The number of hydrogen-bond acceptors (Lipinski definition) is 3. The number of fused-ring (bicyclic) bond motifs is 1. The molecule has 0 spiro atoms. The fourth-order valence-corrected chi connectivity index (χ4v) is 3.60. The molecule has 1 aliphatic rings. The lowest BCUT2D eigenvalue weighted by Gasteiger charge is -2.11. The van der Waals surface area contributed by atoms with Crippen molar-refractivity contribution >= 4 is 33.9 Å². The number of carbonyl (C=O) groups is 1. The minimum atomic E-state index is -0.116. The molecule has 29 heavy (non-hydrogen) atoms. The number of rotatable bonds is 5. The molecule has 144 valence electrons. The van der Waals surface area contributed by atoms with Gasteiger partial charge in [0.15, 0.2) is 5.76 Å². The number of halogens is 1. The average molecular weight is 447 g/mol. The van der Waals surface area contributed by atoms with E-state index >= 15 is 0 Å². The quantitative estimate of drug-likeness (QED) is 0.414. The summed E-state index contributed by atoms with van der Waals surface area (Å²) in [6.45, 7) is 6.11. The SMILES string of the molecule is C=Cc1ccc(COc2ccc3c(c2C)O/C(=C\c2cccc(Br)c2)C3=O)cc1. The molecule has 0 aromatic heterocycles. The summed E-state index contributed by atoms with van der Waals surface area (Å²) < 4.78 is 12.9. The molecule has 4 rings (SSSR count). The fraction of sp³-hybridized carbons (Fsp3) is 0.0800. The fourth-order valence-electron chi connectivity index (χ4n) is 3.18. The van der Waals surface area contributed by atoms with Gasteiger partial charge in [0, 0.05) is 10.0 Å². The zero-order valence-corrected chi connectivity index (χ0v) is 17.5. The van der Waals surface area contributed by atoms with Crippen LogP contribution in [0.3, 0.4) is 0 Å². The lowest BCUT2D eigenvalue weighted by molar-refractivity contribution is 0.101. The van der Waals surface area contributed by atoms with Gasteiger partial charge in [0.25, 0.3) is 0 Å². The number of benzene rings is 3. The van der Waals surface area contributed by atoms with Crippen LogP contribution in [-0.2, 0) is 6.61 Å². The van der Waals surface area contributed by atoms with Crippen molar-refractivity contribution in [2.45, 2.75) is 13.5 Å². The Morgan fingerprint density at radius 3 is 2.59 bits per heavy atom. The topological polar surface area (TPSA) is 35.5 Å². The van der Waals surface area contributed by atoms with Crippen molar-refractivity contribution in [2.24, 2.45) is 0 Å². The van der Waals surface area contributed by atoms with Crippen LogP contribution in [0.1, 0.15) is 32.6 Å². The van der Waals surface area contributed by atoms with Gasteiger partial charge in [-0.05, 0) is 54.0 Å². The third kappa shape index (κ3) is 4.03. The molecule has 0 unspecified atom stereocenters. The summed E-state index contributed by atoms with van der Waals surface area (Å²) in [5.74, 6) is 1.47. The number of Topliss-reactive ketones (excluding diaryl/α,β-unsaturated/α-hetero) is 1. The molecular weight excluding hydrogens is 428 g/mol. The van der Waals surface area contributed by atoms with E-state index in [2.05, 4.69) is 22.5 Å². The number of allylic oxidation sites excluding steroid dienone is 1. The lowest BCUT2D eigenvalue weighted by Crippen LogP contribution is -1.98.